The fourth-order valence-electron chi connectivity index (χ4n) is 3.18. The van der Waals surface area contributed by atoms with Crippen LogP contribution in [0.4, 0.5) is 0 Å². The fraction of sp³-hybridized carbons (Fsp3) is 0.526. The van der Waals surface area contributed by atoms with E-state index in [1.807, 2.05) is 22.2 Å². The number of nitrogens with one attached hydrogen (secondary N) is 1. The van der Waals surface area contributed by atoms with Gasteiger partial charge in [0.1, 0.15) is 5.01 Å². The molecule has 0 bridgehead atoms. The molecule has 1 saturated carbocycles. The van der Waals surface area contributed by atoms with Crippen molar-refractivity contribution in [3.05, 3.63) is 27.9 Å². The summed E-state index contributed by atoms with van der Waals surface area (Å²) in [5, 5.41) is 9.82. The highest BCUT2D eigenvalue weighted by molar-refractivity contribution is 7.14. The smallest absolute Gasteiger partial charge is 0.312 e. The molecule has 2 aromatic heterocycles. The van der Waals surface area contributed by atoms with E-state index in [1.165, 1.54) is 17.8 Å². The Morgan fingerprint density at radius 3 is 2.88 bits per heavy atom. The number of rotatable bonds is 6. The van der Waals surface area contributed by atoms with Gasteiger partial charge in [0.15, 0.2) is 6.10 Å². The minimum atomic E-state index is -0.786. The van der Waals surface area contributed by atoms with Gasteiger partial charge in [-0.2, -0.15) is 11.3 Å². The number of carbonyl (C=O) groups excluding carboxylic acids is 2. The average Bonchev–Trinajstić information content (AvgIpc) is 3.28. The Balaban J connectivity index is 1.48. The second-order valence-corrected chi connectivity index (χ2v) is 8.48. The zero-order valence-electron chi connectivity index (χ0n) is 15.1. The largest absolute Gasteiger partial charge is 0.452 e. The first-order valence-corrected chi connectivity index (χ1v) is 10.8. The number of aromatic nitrogens is 1. The third kappa shape index (κ3) is 4.92. The van der Waals surface area contributed by atoms with Crippen molar-refractivity contribution in [1.82, 2.24) is 10.3 Å². The highest BCUT2D eigenvalue weighted by Gasteiger charge is 2.26. The Labute approximate surface area is 161 Å². The van der Waals surface area contributed by atoms with Gasteiger partial charge in [0.05, 0.1) is 12.1 Å². The zero-order chi connectivity index (χ0) is 18.5. The Morgan fingerprint density at radius 2 is 2.15 bits per heavy atom. The van der Waals surface area contributed by atoms with Gasteiger partial charge in [-0.25, -0.2) is 4.98 Å². The quantitative estimate of drug-likeness (QED) is 0.753. The topological polar surface area (TPSA) is 68.3 Å². The summed E-state index contributed by atoms with van der Waals surface area (Å²) in [5.74, 6) is -0.165. The molecule has 2 aromatic rings. The number of nitrogens with zero attached hydrogens (tertiary/aromatic N) is 1. The molecule has 1 N–H and O–H groups in total. The molecule has 5 nitrogen and oxygen atoms in total. The number of thiophene rings is 1. The van der Waals surface area contributed by atoms with Crippen LogP contribution in [0.15, 0.2) is 22.2 Å². The first-order chi connectivity index (χ1) is 12.5. The monoisotopic (exact) mass is 392 g/mol. The van der Waals surface area contributed by atoms with E-state index in [0.29, 0.717) is 11.6 Å². The molecule has 140 valence electrons. The SMILES string of the molecule is C[C@@H]1CCCC[C@@H]1NC(=O)[C@@H](C)OC(=O)Cc1csc(-c2ccsc2)n1. The lowest BCUT2D eigenvalue weighted by Crippen LogP contribution is -2.46. The van der Waals surface area contributed by atoms with E-state index in [9.17, 15) is 9.59 Å². The molecule has 26 heavy (non-hydrogen) atoms. The molecule has 1 aliphatic rings. The molecule has 7 heteroatoms. The van der Waals surface area contributed by atoms with Gasteiger partial charge >= 0.3 is 5.97 Å². The van der Waals surface area contributed by atoms with Gasteiger partial charge < -0.3 is 10.1 Å². The van der Waals surface area contributed by atoms with Gasteiger partial charge in [-0.3, -0.25) is 9.59 Å². The molecular formula is C19H24N2O3S2. The van der Waals surface area contributed by atoms with E-state index in [-0.39, 0.29) is 18.4 Å². The molecule has 1 amide bonds. The van der Waals surface area contributed by atoms with Crippen molar-refractivity contribution in [3.8, 4) is 10.6 Å². The molecule has 3 atom stereocenters. The summed E-state index contributed by atoms with van der Waals surface area (Å²) in [6.45, 7) is 3.78. The van der Waals surface area contributed by atoms with E-state index in [2.05, 4.69) is 17.2 Å². The lowest BCUT2D eigenvalue weighted by Gasteiger charge is -2.30. The first kappa shape index (κ1) is 19.0. The van der Waals surface area contributed by atoms with Gasteiger partial charge in [-0.15, -0.1) is 11.3 Å². The van der Waals surface area contributed by atoms with E-state index >= 15 is 0 Å². The Bertz CT molecular complexity index is 742. The van der Waals surface area contributed by atoms with Gasteiger partial charge in [0.2, 0.25) is 0 Å². The van der Waals surface area contributed by atoms with Crippen molar-refractivity contribution in [2.45, 2.75) is 58.1 Å². The van der Waals surface area contributed by atoms with Crippen LogP contribution in [0, 0.1) is 5.92 Å². The van der Waals surface area contributed by atoms with E-state index in [1.54, 1.807) is 18.3 Å². The number of ether oxygens (including phenoxy) is 1. The molecule has 0 spiro atoms. The lowest BCUT2D eigenvalue weighted by atomic mass is 9.86. The number of carbonyl (C=O) groups is 2. The van der Waals surface area contributed by atoms with Gasteiger partial charge in [-0.05, 0) is 37.1 Å². The summed E-state index contributed by atoms with van der Waals surface area (Å²) in [6, 6.07) is 2.19. The number of hydrogen-bond acceptors (Lipinski definition) is 6. The van der Waals surface area contributed by atoms with Crippen LogP contribution < -0.4 is 5.32 Å². The van der Waals surface area contributed by atoms with Crippen LogP contribution >= 0.6 is 22.7 Å². The van der Waals surface area contributed by atoms with Crippen LogP contribution in [0.5, 0.6) is 0 Å². The van der Waals surface area contributed by atoms with Crippen LogP contribution in [0.2, 0.25) is 0 Å². The molecule has 2 heterocycles. The molecule has 0 aliphatic heterocycles. The summed E-state index contributed by atoms with van der Waals surface area (Å²) in [7, 11) is 0. The molecule has 0 radical (unpaired) electrons. The van der Waals surface area contributed by atoms with Crippen LogP contribution in [-0.4, -0.2) is 29.0 Å². The third-order valence-electron chi connectivity index (χ3n) is 4.76. The average molecular weight is 393 g/mol. The second kappa shape index (κ2) is 8.77. The highest BCUT2D eigenvalue weighted by atomic mass is 32.1. The van der Waals surface area contributed by atoms with Gasteiger partial charge in [0.25, 0.3) is 5.91 Å². The number of thiazole rings is 1. The molecule has 1 aliphatic carbocycles. The maximum Gasteiger partial charge on any atom is 0.312 e. The van der Waals surface area contributed by atoms with E-state index < -0.39 is 12.1 Å². The van der Waals surface area contributed by atoms with Crippen LogP contribution in [0.1, 0.15) is 45.2 Å². The Morgan fingerprint density at radius 1 is 1.35 bits per heavy atom. The molecule has 0 unspecified atom stereocenters. The highest BCUT2D eigenvalue weighted by Crippen LogP contribution is 2.26. The molecular weight excluding hydrogens is 368 g/mol. The van der Waals surface area contributed by atoms with Gasteiger partial charge in [0, 0.05) is 22.4 Å². The van der Waals surface area contributed by atoms with E-state index in [4.69, 9.17) is 4.74 Å². The van der Waals surface area contributed by atoms with Crippen molar-refractivity contribution in [1.29, 1.82) is 0 Å². The van der Waals surface area contributed by atoms with Crippen molar-refractivity contribution in [3.63, 3.8) is 0 Å². The summed E-state index contributed by atoms with van der Waals surface area (Å²) in [5.41, 5.74) is 1.74. The summed E-state index contributed by atoms with van der Waals surface area (Å²) < 4.78 is 5.31. The van der Waals surface area contributed by atoms with Crippen molar-refractivity contribution in [2.24, 2.45) is 5.92 Å². The minimum absolute atomic E-state index is 0.0814. The number of hydrogen-bond donors (Lipinski definition) is 1. The fourth-order valence-corrected chi connectivity index (χ4v) is 4.71. The Kier molecular flexibility index (Phi) is 6.43. The van der Waals surface area contributed by atoms with Crippen LogP contribution in [-0.2, 0) is 20.7 Å². The van der Waals surface area contributed by atoms with Crippen molar-refractivity contribution >= 4 is 34.6 Å². The van der Waals surface area contributed by atoms with Crippen molar-refractivity contribution < 1.29 is 14.3 Å². The maximum atomic E-state index is 12.3. The minimum Gasteiger partial charge on any atom is -0.452 e. The Hall–Kier alpha value is -1.73. The molecule has 3 rings (SSSR count). The third-order valence-corrected chi connectivity index (χ3v) is 6.39. The molecule has 0 aromatic carbocycles. The van der Waals surface area contributed by atoms with Crippen molar-refractivity contribution in [2.75, 3.05) is 0 Å². The first-order valence-electron chi connectivity index (χ1n) is 8.99. The van der Waals surface area contributed by atoms with Crippen LogP contribution in [0.3, 0.4) is 0 Å². The van der Waals surface area contributed by atoms with E-state index in [0.717, 1.165) is 29.8 Å². The summed E-state index contributed by atoms with van der Waals surface area (Å²) >= 11 is 3.12. The lowest BCUT2D eigenvalue weighted by molar-refractivity contribution is -0.154. The predicted molar refractivity (Wildman–Crippen MR) is 104 cm³/mol. The normalized spacial score (nSPS) is 21.2. The number of esters is 1. The maximum absolute atomic E-state index is 12.3. The van der Waals surface area contributed by atoms with Gasteiger partial charge in [-0.1, -0.05) is 19.8 Å². The zero-order valence-corrected chi connectivity index (χ0v) is 16.7. The van der Waals surface area contributed by atoms with Crippen LogP contribution in [0.25, 0.3) is 10.6 Å². The molecule has 1 fully saturated rings. The second-order valence-electron chi connectivity index (χ2n) is 6.84. The molecule has 0 saturated heterocycles. The summed E-state index contributed by atoms with van der Waals surface area (Å²) in [6.07, 6.45) is 3.79. The standard InChI is InChI=1S/C19H24N2O3S2/c1-12-5-3-4-6-16(12)21-18(23)13(2)24-17(22)9-15-11-26-19(20-15)14-7-8-25-10-14/h7-8,10-13,16H,3-6,9H2,1-2H3,(H,21,23)/t12-,13-,16+/m1/s1. The summed E-state index contributed by atoms with van der Waals surface area (Å²) in [4.78, 5) is 28.9. The number of amides is 1. The predicted octanol–water partition coefficient (Wildman–Crippen LogP) is 4.04.